The number of fused-ring (bicyclic) bond motifs is 2. The number of carboxylic acid groups (broad SMARTS) is 1. The van der Waals surface area contributed by atoms with E-state index in [2.05, 4.69) is 6.07 Å². The van der Waals surface area contributed by atoms with Crippen molar-refractivity contribution in [3.63, 3.8) is 0 Å². The van der Waals surface area contributed by atoms with Gasteiger partial charge in [0, 0.05) is 6.54 Å². The highest BCUT2D eigenvalue weighted by molar-refractivity contribution is 5.89. The molecule has 1 N–H and O–H groups in total. The van der Waals surface area contributed by atoms with Crippen LogP contribution in [0.1, 0.15) is 49.1 Å². The van der Waals surface area contributed by atoms with Gasteiger partial charge >= 0.3 is 5.97 Å². The standard InChI is InChI=1S/C19H23NO3/c21-18(16-10-3-6-12-5-1-2-8-14(12)16)20-11-13-7-4-9-15(13)17(20)19(22)23/h1-2,5,8,13,15-17H,3-4,6-7,9-11H2,(H,22,23). The number of likely N-dealkylation sites (tertiary alicyclic amines) is 1. The lowest BCUT2D eigenvalue weighted by Crippen LogP contribution is -2.45. The smallest absolute Gasteiger partial charge is 0.326 e. The maximum Gasteiger partial charge on any atom is 0.326 e. The number of aliphatic carboxylic acids is 1. The van der Waals surface area contributed by atoms with E-state index in [1.165, 1.54) is 5.56 Å². The number of aryl methyl sites for hydroxylation is 1. The Bertz CT molecular complexity index is 641. The van der Waals surface area contributed by atoms with Gasteiger partial charge in [-0.3, -0.25) is 4.79 Å². The molecule has 1 heterocycles. The second-order valence-electron chi connectivity index (χ2n) is 7.27. The highest BCUT2D eigenvalue weighted by Gasteiger charge is 2.50. The van der Waals surface area contributed by atoms with E-state index < -0.39 is 12.0 Å². The molecular formula is C19H23NO3. The van der Waals surface area contributed by atoms with Crippen molar-refractivity contribution in [2.45, 2.75) is 50.5 Å². The molecule has 2 aliphatic carbocycles. The first-order chi connectivity index (χ1) is 11.2. The van der Waals surface area contributed by atoms with E-state index in [0.717, 1.165) is 44.1 Å². The van der Waals surface area contributed by atoms with Gasteiger partial charge in [0.1, 0.15) is 6.04 Å². The predicted molar refractivity (Wildman–Crippen MR) is 86.1 cm³/mol. The molecule has 4 rings (SSSR count). The van der Waals surface area contributed by atoms with Gasteiger partial charge in [-0.25, -0.2) is 4.79 Å². The molecule has 23 heavy (non-hydrogen) atoms. The summed E-state index contributed by atoms with van der Waals surface area (Å²) in [5, 5.41) is 9.68. The number of hydrogen-bond donors (Lipinski definition) is 1. The van der Waals surface area contributed by atoms with E-state index in [-0.39, 0.29) is 17.7 Å². The van der Waals surface area contributed by atoms with Crippen molar-refractivity contribution < 1.29 is 14.7 Å². The Balaban J connectivity index is 1.63. The van der Waals surface area contributed by atoms with E-state index in [9.17, 15) is 14.7 Å². The third-order valence-electron chi connectivity index (χ3n) is 6.09. The minimum atomic E-state index is -0.822. The van der Waals surface area contributed by atoms with E-state index in [4.69, 9.17) is 0 Å². The van der Waals surface area contributed by atoms with Crippen LogP contribution in [0.15, 0.2) is 24.3 Å². The maximum absolute atomic E-state index is 13.2. The molecule has 2 fully saturated rings. The first-order valence-electron chi connectivity index (χ1n) is 8.78. The Morgan fingerprint density at radius 1 is 1.09 bits per heavy atom. The van der Waals surface area contributed by atoms with E-state index in [1.54, 1.807) is 4.90 Å². The van der Waals surface area contributed by atoms with Crippen molar-refractivity contribution in [3.8, 4) is 0 Å². The molecule has 4 atom stereocenters. The van der Waals surface area contributed by atoms with Gasteiger partial charge in [0.15, 0.2) is 0 Å². The molecule has 0 spiro atoms. The molecule has 4 heteroatoms. The summed E-state index contributed by atoms with van der Waals surface area (Å²) >= 11 is 0. The molecule has 1 aromatic rings. The SMILES string of the molecule is O=C(O)C1C2CCCC2CN1C(=O)C1CCCc2ccccc21. The monoisotopic (exact) mass is 313 g/mol. The molecule has 1 amide bonds. The van der Waals surface area contributed by atoms with E-state index in [1.807, 2.05) is 18.2 Å². The van der Waals surface area contributed by atoms with Crippen molar-refractivity contribution in [2.75, 3.05) is 6.54 Å². The van der Waals surface area contributed by atoms with Gasteiger partial charge in [0.2, 0.25) is 5.91 Å². The van der Waals surface area contributed by atoms with Crippen LogP contribution in [0.4, 0.5) is 0 Å². The van der Waals surface area contributed by atoms with Crippen LogP contribution in [-0.2, 0) is 16.0 Å². The highest BCUT2D eigenvalue weighted by Crippen LogP contribution is 2.44. The lowest BCUT2D eigenvalue weighted by Gasteiger charge is -2.31. The number of carbonyl (C=O) groups excluding carboxylic acids is 1. The lowest BCUT2D eigenvalue weighted by molar-refractivity contribution is -0.150. The van der Waals surface area contributed by atoms with Crippen LogP contribution in [0, 0.1) is 11.8 Å². The average molecular weight is 313 g/mol. The number of carboxylic acids is 1. The van der Waals surface area contributed by atoms with Crippen molar-refractivity contribution in [2.24, 2.45) is 11.8 Å². The van der Waals surface area contributed by atoms with Crippen LogP contribution in [0.2, 0.25) is 0 Å². The molecule has 0 aromatic heterocycles. The van der Waals surface area contributed by atoms with Gasteiger partial charge in [-0.05, 0) is 55.1 Å². The average Bonchev–Trinajstić information content (AvgIpc) is 3.13. The van der Waals surface area contributed by atoms with Crippen LogP contribution in [0.25, 0.3) is 0 Å². The molecule has 1 saturated carbocycles. The predicted octanol–water partition coefficient (Wildman–Crippen LogP) is 2.82. The van der Waals surface area contributed by atoms with Gasteiger partial charge in [0.25, 0.3) is 0 Å². The third kappa shape index (κ3) is 2.35. The zero-order chi connectivity index (χ0) is 16.0. The summed E-state index contributed by atoms with van der Waals surface area (Å²) in [7, 11) is 0. The fraction of sp³-hybridized carbons (Fsp3) is 0.579. The summed E-state index contributed by atoms with van der Waals surface area (Å²) in [6.45, 7) is 0.638. The van der Waals surface area contributed by atoms with Crippen LogP contribution < -0.4 is 0 Å². The summed E-state index contributed by atoms with van der Waals surface area (Å²) in [4.78, 5) is 26.7. The van der Waals surface area contributed by atoms with Crippen LogP contribution >= 0.6 is 0 Å². The Labute approximate surface area is 136 Å². The van der Waals surface area contributed by atoms with Crippen LogP contribution in [0.3, 0.4) is 0 Å². The summed E-state index contributed by atoms with van der Waals surface area (Å²) in [6.07, 6.45) is 5.99. The number of rotatable bonds is 2. The first-order valence-corrected chi connectivity index (χ1v) is 8.78. The second-order valence-corrected chi connectivity index (χ2v) is 7.27. The molecule has 0 radical (unpaired) electrons. The quantitative estimate of drug-likeness (QED) is 0.913. The van der Waals surface area contributed by atoms with Crippen molar-refractivity contribution in [1.29, 1.82) is 0 Å². The minimum Gasteiger partial charge on any atom is -0.480 e. The number of carbonyl (C=O) groups is 2. The molecule has 1 aliphatic heterocycles. The lowest BCUT2D eigenvalue weighted by atomic mass is 9.82. The van der Waals surface area contributed by atoms with Gasteiger partial charge in [-0.15, -0.1) is 0 Å². The fourth-order valence-corrected chi connectivity index (χ4v) is 5.06. The second kappa shape index (κ2) is 5.66. The minimum absolute atomic E-state index is 0.0407. The summed E-state index contributed by atoms with van der Waals surface area (Å²) in [5.74, 6) is -0.384. The molecule has 3 aliphatic rings. The van der Waals surface area contributed by atoms with Crippen molar-refractivity contribution in [1.82, 2.24) is 4.90 Å². The molecular weight excluding hydrogens is 290 g/mol. The number of benzene rings is 1. The number of nitrogens with zero attached hydrogens (tertiary/aromatic N) is 1. The fourth-order valence-electron chi connectivity index (χ4n) is 5.06. The molecule has 122 valence electrons. The largest absolute Gasteiger partial charge is 0.480 e. The maximum atomic E-state index is 13.2. The van der Waals surface area contributed by atoms with E-state index >= 15 is 0 Å². The highest BCUT2D eigenvalue weighted by atomic mass is 16.4. The Hall–Kier alpha value is -1.84. The number of hydrogen-bond acceptors (Lipinski definition) is 2. The molecule has 4 nitrogen and oxygen atoms in total. The Kier molecular flexibility index (Phi) is 3.63. The molecule has 1 aromatic carbocycles. The van der Waals surface area contributed by atoms with Gasteiger partial charge < -0.3 is 10.0 Å². The Morgan fingerprint density at radius 2 is 1.91 bits per heavy atom. The Morgan fingerprint density at radius 3 is 2.74 bits per heavy atom. The van der Waals surface area contributed by atoms with Gasteiger partial charge in [-0.2, -0.15) is 0 Å². The topological polar surface area (TPSA) is 57.6 Å². The number of amides is 1. The van der Waals surface area contributed by atoms with E-state index in [0.29, 0.717) is 12.5 Å². The summed E-state index contributed by atoms with van der Waals surface area (Å²) in [6, 6.07) is 7.54. The van der Waals surface area contributed by atoms with Crippen LogP contribution in [-0.4, -0.2) is 34.5 Å². The first kappa shape index (κ1) is 14.7. The third-order valence-corrected chi connectivity index (χ3v) is 6.09. The van der Waals surface area contributed by atoms with Gasteiger partial charge in [0.05, 0.1) is 5.92 Å². The molecule has 0 bridgehead atoms. The van der Waals surface area contributed by atoms with Crippen molar-refractivity contribution >= 4 is 11.9 Å². The van der Waals surface area contributed by atoms with Gasteiger partial charge in [-0.1, -0.05) is 30.7 Å². The summed E-state index contributed by atoms with van der Waals surface area (Å²) < 4.78 is 0. The zero-order valence-electron chi connectivity index (χ0n) is 13.3. The molecule has 1 saturated heterocycles. The van der Waals surface area contributed by atoms with Crippen molar-refractivity contribution in [3.05, 3.63) is 35.4 Å². The van der Waals surface area contributed by atoms with Crippen LogP contribution in [0.5, 0.6) is 0 Å². The normalized spacial score (nSPS) is 32.4. The zero-order valence-corrected chi connectivity index (χ0v) is 13.3. The summed E-state index contributed by atoms with van der Waals surface area (Å²) in [5.41, 5.74) is 2.37. The molecule has 4 unspecified atom stereocenters.